The molecular weight excluding hydrogens is 448 g/mol. The van der Waals surface area contributed by atoms with Crippen LogP contribution in [0.15, 0.2) is 94.7 Å². The fourth-order valence-electron chi connectivity index (χ4n) is 3.13. The van der Waals surface area contributed by atoms with Gasteiger partial charge in [0.05, 0.1) is 0 Å². The van der Waals surface area contributed by atoms with Crippen LogP contribution < -0.4 is 8.37 Å². The molecule has 0 N–H and O–H groups in total. The van der Waals surface area contributed by atoms with E-state index in [4.69, 9.17) is 8.37 Å². The highest BCUT2D eigenvalue weighted by atomic mass is 32.2. The molecule has 32 heavy (non-hydrogen) atoms. The van der Waals surface area contributed by atoms with Crippen molar-refractivity contribution >= 4 is 31.0 Å². The Morgan fingerprint density at radius 2 is 0.844 bits per heavy atom. The molecule has 0 saturated carbocycles. The van der Waals surface area contributed by atoms with Crippen molar-refractivity contribution in [3.8, 4) is 11.5 Å². The molecule has 0 bridgehead atoms. The van der Waals surface area contributed by atoms with Gasteiger partial charge in [-0.1, -0.05) is 59.7 Å². The van der Waals surface area contributed by atoms with Gasteiger partial charge in [-0.15, -0.1) is 0 Å². The number of aryl methyl sites for hydroxylation is 2. The van der Waals surface area contributed by atoms with E-state index in [-0.39, 0.29) is 21.3 Å². The zero-order valence-electron chi connectivity index (χ0n) is 17.3. The number of benzene rings is 4. The second-order valence-electron chi connectivity index (χ2n) is 7.31. The SMILES string of the molecule is Cc1ccc(S(=O)(=O)Oc2ccc(OS(=O)(=O)c3ccc(C)cc3)c3ccccc23)cc1. The molecule has 0 spiro atoms. The number of hydrogen-bond acceptors (Lipinski definition) is 6. The topological polar surface area (TPSA) is 86.7 Å². The molecule has 0 heterocycles. The third-order valence-electron chi connectivity index (χ3n) is 4.86. The van der Waals surface area contributed by atoms with Crippen LogP contribution in [0.5, 0.6) is 11.5 Å². The summed E-state index contributed by atoms with van der Waals surface area (Å²) < 4.78 is 61.7. The first-order valence-corrected chi connectivity index (χ1v) is 12.5. The Bertz CT molecular complexity index is 1370. The average molecular weight is 469 g/mol. The Kier molecular flexibility index (Phi) is 5.66. The molecule has 0 unspecified atom stereocenters. The zero-order chi connectivity index (χ0) is 22.9. The van der Waals surface area contributed by atoms with E-state index in [1.807, 2.05) is 13.8 Å². The van der Waals surface area contributed by atoms with E-state index in [0.717, 1.165) is 11.1 Å². The summed E-state index contributed by atoms with van der Waals surface area (Å²) in [6.45, 7) is 3.71. The van der Waals surface area contributed by atoms with Crippen molar-refractivity contribution in [2.24, 2.45) is 0 Å². The first kappa shape index (κ1) is 21.9. The summed E-state index contributed by atoms with van der Waals surface area (Å²) in [5, 5.41) is 0.805. The molecule has 4 rings (SSSR count). The molecule has 4 aromatic carbocycles. The predicted octanol–water partition coefficient (Wildman–Crippen LogP) is 4.99. The molecule has 164 valence electrons. The maximum absolute atomic E-state index is 12.7. The lowest BCUT2D eigenvalue weighted by atomic mass is 10.1. The molecule has 0 saturated heterocycles. The third kappa shape index (κ3) is 4.46. The molecule has 0 atom stereocenters. The Morgan fingerprint density at radius 3 is 1.19 bits per heavy atom. The quantitative estimate of drug-likeness (QED) is 0.371. The molecule has 0 amide bonds. The molecular formula is C24H20O6S2. The Balaban J connectivity index is 1.72. The van der Waals surface area contributed by atoms with E-state index in [0.29, 0.717) is 10.8 Å². The van der Waals surface area contributed by atoms with Crippen LogP contribution >= 0.6 is 0 Å². The van der Waals surface area contributed by atoms with Gasteiger partial charge >= 0.3 is 20.2 Å². The molecule has 6 nitrogen and oxygen atoms in total. The summed E-state index contributed by atoms with van der Waals surface area (Å²) in [5.41, 5.74) is 1.84. The minimum atomic E-state index is -4.08. The Labute approximate surface area is 187 Å². The van der Waals surface area contributed by atoms with E-state index in [2.05, 4.69) is 0 Å². The van der Waals surface area contributed by atoms with Gasteiger partial charge in [-0.3, -0.25) is 0 Å². The van der Waals surface area contributed by atoms with Gasteiger partial charge in [0, 0.05) is 10.8 Å². The van der Waals surface area contributed by atoms with Crippen LogP contribution in [0.3, 0.4) is 0 Å². The van der Waals surface area contributed by atoms with Gasteiger partial charge in [0.2, 0.25) is 0 Å². The predicted molar refractivity (Wildman–Crippen MR) is 122 cm³/mol. The highest BCUT2D eigenvalue weighted by Gasteiger charge is 2.22. The largest absolute Gasteiger partial charge is 0.378 e. The molecule has 0 aromatic heterocycles. The van der Waals surface area contributed by atoms with Gasteiger partial charge < -0.3 is 8.37 Å². The molecule has 4 aromatic rings. The lowest BCUT2D eigenvalue weighted by Crippen LogP contribution is -2.11. The number of fused-ring (bicyclic) bond motifs is 1. The van der Waals surface area contributed by atoms with Crippen LogP contribution in [0.2, 0.25) is 0 Å². The van der Waals surface area contributed by atoms with E-state index in [1.54, 1.807) is 48.5 Å². The van der Waals surface area contributed by atoms with Crippen LogP contribution in [-0.4, -0.2) is 16.8 Å². The van der Waals surface area contributed by atoms with Gasteiger partial charge in [-0.05, 0) is 50.2 Å². The fourth-order valence-corrected chi connectivity index (χ4v) is 5.03. The maximum Gasteiger partial charge on any atom is 0.339 e. The summed E-state index contributed by atoms with van der Waals surface area (Å²) in [6, 6.07) is 22.1. The standard InChI is InChI=1S/C24H20O6S2/c1-17-7-11-19(12-8-17)31(25,26)29-23-15-16-24(22-6-4-3-5-21(22)23)30-32(27,28)20-13-9-18(2)10-14-20/h3-16H,1-2H3. The van der Waals surface area contributed by atoms with Crippen molar-refractivity contribution in [1.82, 2.24) is 0 Å². The van der Waals surface area contributed by atoms with Gasteiger partial charge in [-0.25, -0.2) is 0 Å². The van der Waals surface area contributed by atoms with Crippen molar-refractivity contribution in [2.45, 2.75) is 23.6 Å². The van der Waals surface area contributed by atoms with Gasteiger partial charge in [-0.2, -0.15) is 16.8 Å². The van der Waals surface area contributed by atoms with E-state index >= 15 is 0 Å². The summed E-state index contributed by atoms with van der Waals surface area (Å²) in [5.74, 6) is 0.141. The molecule has 0 aliphatic rings. The zero-order valence-corrected chi connectivity index (χ0v) is 19.0. The number of hydrogen-bond donors (Lipinski definition) is 0. The van der Waals surface area contributed by atoms with E-state index in [9.17, 15) is 16.8 Å². The Morgan fingerprint density at radius 1 is 0.500 bits per heavy atom. The van der Waals surface area contributed by atoms with Crippen LogP contribution in [0.25, 0.3) is 10.8 Å². The lowest BCUT2D eigenvalue weighted by Gasteiger charge is -2.13. The Hall–Kier alpha value is -3.36. The minimum absolute atomic E-state index is 0.0226. The van der Waals surface area contributed by atoms with Crippen molar-refractivity contribution in [3.05, 3.63) is 96.1 Å². The van der Waals surface area contributed by atoms with Crippen molar-refractivity contribution < 1.29 is 25.2 Å². The summed E-state index contributed by atoms with van der Waals surface area (Å²) >= 11 is 0. The minimum Gasteiger partial charge on any atom is -0.378 e. The molecule has 0 radical (unpaired) electrons. The normalized spacial score (nSPS) is 11.9. The highest BCUT2D eigenvalue weighted by Crippen LogP contribution is 2.36. The number of rotatable bonds is 6. The van der Waals surface area contributed by atoms with Gasteiger partial charge in [0.15, 0.2) is 11.5 Å². The smallest absolute Gasteiger partial charge is 0.339 e. The third-order valence-corrected chi connectivity index (χ3v) is 7.36. The molecule has 8 heteroatoms. The first-order chi connectivity index (χ1) is 15.2. The average Bonchev–Trinajstić information content (AvgIpc) is 2.76. The van der Waals surface area contributed by atoms with Crippen LogP contribution in [0.4, 0.5) is 0 Å². The van der Waals surface area contributed by atoms with E-state index in [1.165, 1.54) is 36.4 Å². The lowest BCUT2D eigenvalue weighted by molar-refractivity contribution is 0.482. The van der Waals surface area contributed by atoms with Crippen LogP contribution in [0, 0.1) is 13.8 Å². The monoisotopic (exact) mass is 468 g/mol. The fraction of sp³-hybridized carbons (Fsp3) is 0.0833. The van der Waals surface area contributed by atoms with Gasteiger partial charge in [0.25, 0.3) is 0 Å². The van der Waals surface area contributed by atoms with Crippen molar-refractivity contribution in [3.63, 3.8) is 0 Å². The summed E-state index contributed by atoms with van der Waals surface area (Å²) in [7, 11) is -8.15. The first-order valence-electron chi connectivity index (χ1n) is 9.70. The van der Waals surface area contributed by atoms with E-state index < -0.39 is 20.2 Å². The van der Waals surface area contributed by atoms with Crippen molar-refractivity contribution in [1.29, 1.82) is 0 Å². The molecule has 0 aliphatic heterocycles. The van der Waals surface area contributed by atoms with Crippen LogP contribution in [0.1, 0.15) is 11.1 Å². The second kappa shape index (κ2) is 8.29. The highest BCUT2D eigenvalue weighted by molar-refractivity contribution is 7.87. The van der Waals surface area contributed by atoms with Gasteiger partial charge in [0.1, 0.15) is 9.79 Å². The van der Waals surface area contributed by atoms with Crippen LogP contribution in [-0.2, 0) is 20.2 Å². The molecule has 0 fully saturated rings. The summed E-state index contributed by atoms with van der Waals surface area (Å²) in [4.78, 5) is 0.0453. The van der Waals surface area contributed by atoms with Crippen molar-refractivity contribution in [2.75, 3.05) is 0 Å². The molecule has 0 aliphatic carbocycles. The summed E-state index contributed by atoms with van der Waals surface area (Å²) in [6.07, 6.45) is 0. The second-order valence-corrected chi connectivity index (χ2v) is 10.4. The maximum atomic E-state index is 12.7.